The molecule has 1 atom stereocenters. The van der Waals surface area contributed by atoms with E-state index >= 15 is 0 Å². The molecule has 1 heterocycles. The quantitative estimate of drug-likeness (QED) is 0.672. The van der Waals surface area contributed by atoms with Gasteiger partial charge in [-0.05, 0) is 56.3 Å². The lowest BCUT2D eigenvalue weighted by Crippen LogP contribution is -2.40. The van der Waals surface area contributed by atoms with Crippen molar-refractivity contribution in [2.24, 2.45) is 0 Å². The van der Waals surface area contributed by atoms with E-state index in [2.05, 4.69) is 17.1 Å². The molecule has 1 aliphatic heterocycles. The molecule has 0 bridgehead atoms. The first-order valence-corrected chi connectivity index (χ1v) is 9.80. The summed E-state index contributed by atoms with van der Waals surface area (Å²) in [6.07, 6.45) is 7.35. The van der Waals surface area contributed by atoms with E-state index in [0.29, 0.717) is 22.9 Å². The molecule has 0 aliphatic carbocycles. The predicted molar refractivity (Wildman–Crippen MR) is 102 cm³/mol. The summed E-state index contributed by atoms with van der Waals surface area (Å²) in [5, 5.41) is 4.27. The van der Waals surface area contributed by atoms with Crippen LogP contribution < -0.4 is 5.32 Å². The number of nitrogens with zero attached hydrogens (tertiary/aromatic N) is 1. The minimum absolute atomic E-state index is 0.0895. The minimum Gasteiger partial charge on any atom is -0.356 e. The second-order valence-electron chi connectivity index (χ2n) is 6.53. The summed E-state index contributed by atoms with van der Waals surface area (Å²) >= 11 is 12.0. The van der Waals surface area contributed by atoms with Gasteiger partial charge < -0.3 is 10.2 Å². The van der Waals surface area contributed by atoms with Crippen molar-refractivity contribution >= 4 is 29.1 Å². The number of halogens is 2. The Kier molecular flexibility index (Phi) is 8.37. The Hall–Kier alpha value is -0.770. The van der Waals surface area contributed by atoms with Gasteiger partial charge in [-0.15, -0.1) is 0 Å². The highest BCUT2D eigenvalue weighted by molar-refractivity contribution is 6.35. The molecule has 1 N–H and O–H groups in total. The monoisotopic (exact) mass is 370 g/mol. The van der Waals surface area contributed by atoms with Gasteiger partial charge in [-0.2, -0.15) is 0 Å². The molecule has 0 aromatic heterocycles. The van der Waals surface area contributed by atoms with Gasteiger partial charge in [-0.1, -0.05) is 42.6 Å². The predicted octanol–water partition coefficient (Wildman–Crippen LogP) is 4.70. The van der Waals surface area contributed by atoms with E-state index in [1.807, 2.05) is 12.1 Å². The summed E-state index contributed by atoms with van der Waals surface area (Å²) in [5.41, 5.74) is 0.968. The van der Waals surface area contributed by atoms with Gasteiger partial charge in [0, 0.05) is 35.6 Å². The summed E-state index contributed by atoms with van der Waals surface area (Å²) in [6, 6.07) is 6.16. The maximum atomic E-state index is 12.0. The molecule has 1 aromatic rings. The van der Waals surface area contributed by atoms with Crippen molar-refractivity contribution in [1.82, 2.24) is 10.2 Å². The van der Waals surface area contributed by atoms with Crippen LogP contribution in [0.1, 0.15) is 51.0 Å². The maximum absolute atomic E-state index is 12.0. The van der Waals surface area contributed by atoms with Crippen LogP contribution in [-0.4, -0.2) is 36.5 Å². The van der Waals surface area contributed by atoms with Crippen LogP contribution in [0.3, 0.4) is 0 Å². The van der Waals surface area contributed by atoms with Crippen LogP contribution in [0.15, 0.2) is 18.2 Å². The van der Waals surface area contributed by atoms with Gasteiger partial charge in [0.25, 0.3) is 0 Å². The van der Waals surface area contributed by atoms with E-state index in [4.69, 9.17) is 23.2 Å². The molecule has 0 radical (unpaired) electrons. The average Bonchev–Trinajstić information content (AvgIpc) is 2.58. The smallest absolute Gasteiger partial charge is 0.220 e. The van der Waals surface area contributed by atoms with Crippen molar-refractivity contribution < 1.29 is 4.79 Å². The van der Waals surface area contributed by atoms with Crippen LogP contribution in [0.5, 0.6) is 0 Å². The minimum atomic E-state index is 0.0895. The number of nitrogens with one attached hydrogen (secondary N) is 1. The summed E-state index contributed by atoms with van der Waals surface area (Å²) in [6.45, 7) is 5.32. The van der Waals surface area contributed by atoms with Gasteiger partial charge in [0.05, 0.1) is 0 Å². The van der Waals surface area contributed by atoms with Gasteiger partial charge in [-0.25, -0.2) is 0 Å². The van der Waals surface area contributed by atoms with Crippen molar-refractivity contribution in [1.29, 1.82) is 0 Å². The van der Waals surface area contributed by atoms with Crippen molar-refractivity contribution in [2.75, 3.05) is 19.6 Å². The Balaban J connectivity index is 1.62. The summed E-state index contributed by atoms with van der Waals surface area (Å²) in [7, 11) is 0. The Morgan fingerprint density at radius 1 is 1.33 bits per heavy atom. The summed E-state index contributed by atoms with van der Waals surface area (Å²) in [5.74, 6) is 0.0895. The molecule has 1 fully saturated rings. The van der Waals surface area contributed by atoms with E-state index in [1.54, 1.807) is 6.07 Å². The van der Waals surface area contributed by atoms with Crippen LogP contribution in [0.4, 0.5) is 0 Å². The summed E-state index contributed by atoms with van der Waals surface area (Å²) < 4.78 is 0. The summed E-state index contributed by atoms with van der Waals surface area (Å²) in [4.78, 5) is 14.6. The Bertz CT molecular complexity index is 536. The molecule has 1 unspecified atom stereocenters. The number of aryl methyl sites for hydroxylation is 1. The van der Waals surface area contributed by atoms with E-state index in [-0.39, 0.29) is 5.91 Å². The fraction of sp³-hybridized carbons (Fsp3) is 0.632. The third-order valence-corrected chi connectivity index (χ3v) is 5.39. The number of carbonyl (C=O) groups is 1. The number of hydrogen-bond donors (Lipinski definition) is 1. The zero-order chi connectivity index (χ0) is 17.4. The molecule has 0 spiro atoms. The number of amides is 1. The molecule has 1 saturated heterocycles. The first-order chi connectivity index (χ1) is 11.6. The van der Waals surface area contributed by atoms with Crippen molar-refractivity contribution in [3.05, 3.63) is 33.8 Å². The Morgan fingerprint density at radius 3 is 2.92 bits per heavy atom. The van der Waals surface area contributed by atoms with Crippen LogP contribution in [0.25, 0.3) is 0 Å². The first kappa shape index (κ1) is 19.6. The second-order valence-corrected chi connectivity index (χ2v) is 7.38. The van der Waals surface area contributed by atoms with Crippen molar-refractivity contribution in [2.45, 2.75) is 57.9 Å². The number of hydrogen-bond acceptors (Lipinski definition) is 2. The van der Waals surface area contributed by atoms with E-state index in [9.17, 15) is 4.79 Å². The zero-order valence-corrected chi connectivity index (χ0v) is 16.0. The fourth-order valence-corrected chi connectivity index (χ4v) is 3.89. The standard InChI is InChI=1S/C19H28Cl2N2O/c1-2-17-6-3-4-12-23(17)13-5-11-22-19(24)10-8-15-7-9-16(20)14-18(15)21/h7,9,14,17H,2-6,8,10-13H2,1H3,(H,22,24). The third kappa shape index (κ3) is 6.27. The van der Waals surface area contributed by atoms with Gasteiger partial charge in [0.15, 0.2) is 0 Å². The van der Waals surface area contributed by atoms with Gasteiger partial charge >= 0.3 is 0 Å². The van der Waals surface area contributed by atoms with E-state index in [0.717, 1.165) is 31.1 Å². The fourth-order valence-electron chi connectivity index (χ4n) is 3.39. The number of rotatable bonds is 8. The van der Waals surface area contributed by atoms with Crippen LogP contribution >= 0.6 is 23.2 Å². The molecular weight excluding hydrogens is 343 g/mol. The molecule has 1 amide bonds. The Morgan fingerprint density at radius 2 is 2.17 bits per heavy atom. The number of benzene rings is 1. The highest BCUT2D eigenvalue weighted by atomic mass is 35.5. The SMILES string of the molecule is CCC1CCCCN1CCCNC(=O)CCc1ccc(Cl)cc1Cl. The van der Waals surface area contributed by atoms with Gasteiger partial charge in [0.2, 0.25) is 5.91 Å². The average molecular weight is 371 g/mol. The highest BCUT2D eigenvalue weighted by Gasteiger charge is 2.19. The topological polar surface area (TPSA) is 32.3 Å². The number of carbonyl (C=O) groups excluding carboxylic acids is 1. The van der Waals surface area contributed by atoms with Crippen molar-refractivity contribution in [3.63, 3.8) is 0 Å². The molecule has 1 aliphatic rings. The van der Waals surface area contributed by atoms with Gasteiger partial charge in [-0.3, -0.25) is 4.79 Å². The lowest BCUT2D eigenvalue weighted by molar-refractivity contribution is -0.121. The van der Waals surface area contributed by atoms with Gasteiger partial charge in [0.1, 0.15) is 0 Å². The zero-order valence-electron chi connectivity index (χ0n) is 14.5. The number of likely N-dealkylation sites (tertiary alicyclic amines) is 1. The normalized spacial score (nSPS) is 18.5. The molecule has 134 valence electrons. The molecule has 0 saturated carbocycles. The molecule has 2 rings (SSSR count). The van der Waals surface area contributed by atoms with Crippen LogP contribution in [0.2, 0.25) is 10.0 Å². The lowest BCUT2D eigenvalue weighted by Gasteiger charge is -2.35. The highest BCUT2D eigenvalue weighted by Crippen LogP contribution is 2.22. The van der Waals surface area contributed by atoms with E-state index in [1.165, 1.54) is 32.2 Å². The molecule has 5 heteroatoms. The maximum Gasteiger partial charge on any atom is 0.220 e. The second kappa shape index (κ2) is 10.3. The largest absolute Gasteiger partial charge is 0.356 e. The van der Waals surface area contributed by atoms with Crippen LogP contribution in [0, 0.1) is 0 Å². The Labute approximate surface area is 155 Å². The third-order valence-electron chi connectivity index (χ3n) is 4.80. The molecular formula is C19H28Cl2N2O. The molecule has 24 heavy (non-hydrogen) atoms. The molecule has 3 nitrogen and oxygen atoms in total. The van der Waals surface area contributed by atoms with Crippen LogP contribution in [-0.2, 0) is 11.2 Å². The van der Waals surface area contributed by atoms with Crippen molar-refractivity contribution in [3.8, 4) is 0 Å². The first-order valence-electron chi connectivity index (χ1n) is 9.05. The number of piperidine rings is 1. The molecule has 1 aromatic carbocycles. The lowest BCUT2D eigenvalue weighted by atomic mass is 10.00. The van der Waals surface area contributed by atoms with E-state index < -0.39 is 0 Å².